The quantitative estimate of drug-likeness (QED) is 0.490. The molecular formula is C11H19IN4S. The van der Waals surface area contributed by atoms with Crippen LogP contribution in [-0.4, -0.2) is 24.0 Å². The largest absolute Gasteiger partial charge is 0.353 e. The van der Waals surface area contributed by atoms with Gasteiger partial charge in [0.05, 0.1) is 17.7 Å². The Morgan fingerprint density at radius 3 is 2.82 bits per heavy atom. The van der Waals surface area contributed by atoms with Crippen LogP contribution < -0.4 is 10.6 Å². The van der Waals surface area contributed by atoms with Crippen LogP contribution in [0.1, 0.15) is 23.9 Å². The number of aromatic nitrogens is 1. The molecule has 2 atom stereocenters. The van der Waals surface area contributed by atoms with Crippen LogP contribution in [0.25, 0.3) is 0 Å². The van der Waals surface area contributed by atoms with E-state index in [-0.39, 0.29) is 24.0 Å². The summed E-state index contributed by atoms with van der Waals surface area (Å²) >= 11 is 1.68. The van der Waals surface area contributed by atoms with Gasteiger partial charge >= 0.3 is 0 Å². The van der Waals surface area contributed by atoms with Crippen LogP contribution in [0.2, 0.25) is 0 Å². The number of hydrogen-bond donors (Lipinski definition) is 2. The molecule has 1 aromatic heterocycles. The molecule has 1 heterocycles. The lowest BCUT2D eigenvalue weighted by molar-refractivity contribution is 0.765. The summed E-state index contributed by atoms with van der Waals surface area (Å²) in [4.78, 5) is 9.70. The van der Waals surface area contributed by atoms with Crippen molar-refractivity contribution >= 4 is 41.3 Å². The zero-order chi connectivity index (χ0) is 11.5. The van der Waals surface area contributed by atoms with Gasteiger partial charge in [-0.15, -0.1) is 35.3 Å². The second kappa shape index (κ2) is 6.53. The van der Waals surface area contributed by atoms with Crippen LogP contribution in [0, 0.1) is 12.8 Å². The maximum Gasteiger partial charge on any atom is 0.191 e. The lowest BCUT2D eigenvalue weighted by Gasteiger charge is -2.10. The Morgan fingerprint density at radius 1 is 1.65 bits per heavy atom. The van der Waals surface area contributed by atoms with Gasteiger partial charge in [-0.1, -0.05) is 6.92 Å². The molecule has 0 bridgehead atoms. The molecule has 0 aliphatic heterocycles. The summed E-state index contributed by atoms with van der Waals surface area (Å²) in [6, 6.07) is 0.605. The first kappa shape index (κ1) is 14.7. The molecule has 0 amide bonds. The molecule has 0 spiro atoms. The average Bonchev–Trinajstić information content (AvgIpc) is 2.79. The highest BCUT2D eigenvalue weighted by molar-refractivity contribution is 14.0. The number of hydrogen-bond acceptors (Lipinski definition) is 3. The molecule has 4 nitrogen and oxygen atoms in total. The van der Waals surface area contributed by atoms with Gasteiger partial charge in [0, 0.05) is 18.0 Å². The number of nitrogens with zero attached hydrogens (tertiary/aromatic N) is 2. The average molecular weight is 366 g/mol. The van der Waals surface area contributed by atoms with Gasteiger partial charge in [-0.25, -0.2) is 4.98 Å². The van der Waals surface area contributed by atoms with Crippen LogP contribution in [0.15, 0.2) is 10.5 Å². The predicted octanol–water partition coefficient (Wildman–Crippen LogP) is 2.14. The van der Waals surface area contributed by atoms with Gasteiger partial charge in [0.25, 0.3) is 0 Å². The van der Waals surface area contributed by atoms with Crippen molar-refractivity contribution in [2.45, 2.75) is 32.9 Å². The van der Waals surface area contributed by atoms with Gasteiger partial charge in [-0.05, 0) is 19.3 Å². The number of nitrogens with one attached hydrogen (secondary N) is 2. The van der Waals surface area contributed by atoms with Crippen molar-refractivity contribution in [2.75, 3.05) is 7.05 Å². The molecule has 1 fully saturated rings. The first-order chi connectivity index (χ1) is 7.70. The summed E-state index contributed by atoms with van der Waals surface area (Å²) in [5, 5.41) is 6.71. The number of aryl methyl sites for hydroxylation is 1. The zero-order valence-electron chi connectivity index (χ0n) is 10.4. The number of halogens is 1. The molecule has 2 N–H and O–H groups in total. The van der Waals surface area contributed by atoms with Crippen LogP contribution in [-0.2, 0) is 6.54 Å². The molecule has 0 aromatic carbocycles. The number of guanidine groups is 1. The van der Waals surface area contributed by atoms with Crippen molar-refractivity contribution in [1.82, 2.24) is 15.6 Å². The fourth-order valence-corrected chi connectivity index (χ4v) is 2.27. The number of rotatable bonds is 3. The summed E-state index contributed by atoms with van der Waals surface area (Å²) in [6.45, 7) is 5.09. The molecule has 1 aromatic rings. The minimum absolute atomic E-state index is 0. The van der Waals surface area contributed by atoms with E-state index in [9.17, 15) is 0 Å². The van der Waals surface area contributed by atoms with Crippen molar-refractivity contribution in [2.24, 2.45) is 10.9 Å². The first-order valence-corrected chi connectivity index (χ1v) is 6.45. The molecule has 2 rings (SSSR count). The monoisotopic (exact) mass is 366 g/mol. The van der Waals surface area contributed by atoms with E-state index in [0.717, 1.165) is 24.1 Å². The maximum absolute atomic E-state index is 4.22. The summed E-state index contributed by atoms with van der Waals surface area (Å²) in [6.07, 6.45) is 1.25. The highest BCUT2D eigenvalue weighted by atomic mass is 127. The molecule has 0 radical (unpaired) electrons. The Bertz CT molecular complexity index is 391. The standard InChI is InChI=1S/C11H18N4S.HI/c1-7-4-9(7)15-11(12-3)13-5-10-8(2)14-6-16-10;/h6-7,9H,4-5H2,1-3H3,(H2,12,13,15);1H. The minimum atomic E-state index is 0. The van der Waals surface area contributed by atoms with E-state index in [1.54, 1.807) is 11.3 Å². The summed E-state index contributed by atoms with van der Waals surface area (Å²) in [5.41, 5.74) is 2.98. The van der Waals surface area contributed by atoms with E-state index < -0.39 is 0 Å². The van der Waals surface area contributed by atoms with Gasteiger partial charge in [0.15, 0.2) is 5.96 Å². The van der Waals surface area contributed by atoms with E-state index in [1.165, 1.54) is 11.3 Å². The third-order valence-corrected chi connectivity index (χ3v) is 3.85. The molecule has 6 heteroatoms. The molecular weight excluding hydrogens is 347 g/mol. The van der Waals surface area contributed by atoms with Gasteiger partial charge in [-0.2, -0.15) is 0 Å². The smallest absolute Gasteiger partial charge is 0.191 e. The minimum Gasteiger partial charge on any atom is -0.353 e. The van der Waals surface area contributed by atoms with Crippen molar-refractivity contribution < 1.29 is 0 Å². The lowest BCUT2D eigenvalue weighted by atomic mass is 10.4. The lowest BCUT2D eigenvalue weighted by Crippen LogP contribution is -2.38. The Kier molecular flexibility index (Phi) is 5.64. The van der Waals surface area contributed by atoms with Crippen molar-refractivity contribution in [3.05, 3.63) is 16.1 Å². The topological polar surface area (TPSA) is 49.3 Å². The second-order valence-corrected chi connectivity index (χ2v) is 5.19. The molecule has 1 aliphatic rings. The van der Waals surface area contributed by atoms with E-state index in [2.05, 4.69) is 27.5 Å². The Balaban J connectivity index is 0.00000144. The van der Waals surface area contributed by atoms with Crippen LogP contribution in [0.3, 0.4) is 0 Å². The Morgan fingerprint density at radius 2 is 2.35 bits per heavy atom. The van der Waals surface area contributed by atoms with Gasteiger partial charge in [0.2, 0.25) is 0 Å². The number of thiazole rings is 1. The zero-order valence-corrected chi connectivity index (χ0v) is 13.5. The molecule has 17 heavy (non-hydrogen) atoms. The molecule has 0 saturated heterocycles. The second-order valence-electron chi connectivity index (χ2n) is 4.25. The van der Waals surface area contributed by atoms with Gasteiger partial charge in [0.1, 0.15) is 0 Å². The summed E-state index contributed by atoms with van der Waals surface area (Å²) in [7, 11) is 1.81. The Hall–Kier alpha value is -0.370. The molecule has 96 valence electrons. The molecule has 2 unspecified atom stereocenters. The Labute approximate surface area is 123 Å². The van der Waals surface area contributed by atoms with Crippen molar-refractivity contribution in [1.29, 1.82) is 0 Å². The third-order valence-electron chi connectivity index (χ3n) is 2.92. The van der Waals surface area contributed by atoms with Gasteiger partial charge < -0.3 is 10.6 Å². The molecule has 1 saturated carbocycles. The summed E-state index contributed by atoms with van der Waals surface area (Å²) in [5.74, 6) is 1.67. The van der Waals surface area contributed by atoms with E-state index in [4.69, 9.17) is 0 Å². The fourth-order valence-electron chi connectivity index (χ4n) is 1.55. The highest BCUT2D eigenvalue weighted by Crippen LogP contribution is 2.28. The SMILES string of the molecule is CN=C(NCc1scnc1C)NC1CC1C.I. The van der Waals surface area contributed by atoms with Crippen LogP contribution >= 0.6 is 35.3 Å². The molecule has 1 aliphatic carbocycles. The van der Waals surface area contributed by atoms with Crippen molar-refractivity contribution in [3.8, 4) is 0 Å². The maximum atomic E-state index is 4.22. The predicted molar refractivity (Wildman–Crippen MR) is 83.2 cm³/mol. The van der Waals surface area contributed by atoms with Crippen molar-refractivity contribution in [3.63, 3.8) is 0 Å². The highest BCUT2D eigenvalue weighted by Gasteiger charge is 2.33. The first-order valence-electron chi connectivity index (χ1n) is 5.57. The fraction of sp³-hybridized carbons (Fsp3) is 0.636. The van der Waals surface area contributed by atoms with E-state index >= 15 is 0 Å². The van der Waals surface area contributed by atoms with Crippen LogP contribution in [0.4, 0.5) is 0 Å². The third kappa shape index (κ3) is 4.09. The van der Waals surface area contributed by atoms with E-state index in [1.807, 2.05) is 19.5 Å². The van der Waals surface area contributed by atoms with Gasteiger partial charge in [-0.3, -0.25) is 4.99 Å². The number of aliphatic imine (C=N–C) groups is 1. The normalized spacial score (nSPS) is 22.9. The van der Waals surface area contributed by atoms with E-state index in [0.29, 0.717) is 6.04 Å². The van der Waals surface area contributed by atoms with Crippen LogP contribution in [0.5, 0.6) is 0 Å². The summed E-state index contributed by atoms with van der Waals surface area (Å²) < 4.78 is 0.